The molecule has 3 rings (SSSR count). The van der Waals surface area contributed by atoms with Crippen LogP contribution in [-0.2, 0) is 9.59 Å². The van der Waals surface area contributed by atoms with Crippen LogP contribution >= 0.6 is 0 Å². The summed E-state index contributed by atoms with van der Waals surface area (Å²) in [5.74, 6) is 1.35. The van der Waals surface area contributed by atoms with Crippen LogP contribution in [0.3, 0.4) is 0 Å². The second-order valence-electron chi connectivity index (χ2n) is 9.09. The molecule has 1 atom stereocenters. The summed E-state index contributed by atoms with van der Waals surface area (Å²) < 4.78 is 0. The molecule has 0 saturated carbocycles. The monoisotopic (exact) mass is 402 g/mol. The smallest absolute Gasteiger partial charge is 0.251 e. The molecule has 0 aromatic carbocycles. The molecule has 7 heteroatoms. The molecule has 2 fully saturated rings. The molecule has 160 valence electrons. The van der Waals surface area contributed by atoms with Crippen LogP contribution in [0.25, 0.3) is 0 Å². The second kappa shape index (κ2) is 9.09. The molecule has 3 heterocycles. The lowest BCUT2D eigenvalue weighted by atomic mass is 9.92. The summed E-state index contributed by atoms with van der Waals surface area (Å²) in [4.78, 5) is 48.5. The van der Waals surface area contributed by atoms with Gasteiger partial charge >= 0.3 is 0 Å². The lowest BCUT2D eigenvalue weighted by Gasteiger charge is -2.34. The van der Waals surface area contributed by atoms with E-state index in [1.54, 1.807) is 6.07 Å². The largest absolute Gasteiger partial charge is 0.342 e. The van der Waals surface area contributed by atoms with Gasteiger partial charge in [0.05, 0.1) is 5.69 Å². The Morgan fingerprint density at radius 3 is 2.21 bits per heavy atom. The normalized spacial score (nSPS) is 21.1. The van der Waals surface area contributed by atoms with Gasteiger partial charge in [-0.2, -0.15) is 0 Å². The van der Waals surface area contributed by atoms with Crippen molar-refractivity contribution in [3.05, 3.63) is 27.9 Å². The van der Waals surface area contributed by atoms with E-state index in [9.17, 15) is 14.4 Å². The number of piperidine rings is 2. The fourth-order valence-electron chi connectivity index (χ4n) is 4.42. The number of aromatic nitrogens is 2. The number of nitrogens with one attached hydrogen (secondary N) is 1. The Balaban J connectivity index is 1.71. The zero-order valence-electron chi connectivity index (χ0n) is 18.1. The lowest BCUT2D eigenvalue weighted by Crippen LogP contribution is -2.42. The zero-order chi connectivity index (χ0) is 21.1. The molecule has 1 N–H and O–H groups in total. The maximum atomic E-state index is 12.4. The van der Waals surface area contributed by atoms with Gasteiger partial charge < -0.3 is 14.8 Å². The second-order valence-corrected chi connectivity index (χ2v) is 9.09. The van der Waals surface area contributed by atoms with Gasteiger partial charge in [0, 0.05) is 55.9 Å². The van der Waals surface area contributed by atoms with Crippen LogP contribution in [0.4, 0.5) is 0 Å². The summed E-state index contributed by atoms with van der Waals surface area (Å²) in [5.41, 5.74) is 0.670. The van der Waals surface area contributed by atoms with E-state index in [2.05, 4.69) is 4.98 Å². The zero-order valence-corrected chi connectivity index (χ0v) is 18.1. The summed E-state index contributed by atoms with van der Waals surface area (Å²) in [7, 11) is 0. The summed E-state index contributed by atoms with van der Waals surface area (Å²) >= 11 is 0. The van der Waals surface area contributed by atoms with Gasteiger partial charge in [0.2, 0.25) is 11.8 Å². The third-order valence-corrected chi connectivity index (χ3v) is 6.11. The predicted octanol–water partition coefficient (Wildman–Crippen LogP) is 2.49. The Labute approximate surface area is 172 Å². The molecule has 1 aromatic rings. The third-order valence-electron chi connectivity index (χ3n) is 6.11. The van der Waals surface area contributed by atoms with Crippen LogP contribution in [0.1, 0.15) is 76.7 Å². The van der Waals surface area contributed by atoms with Crippen molar-refractivity contribution < 1.29 is 9.59 Å². The average Bonchev–Trinajstić information content (AvgIpc) is 2.72. The average molecular weight is 403 g/mol. The highest BCUT2D eigenvalue weighted by atomic mass is 16.2. The molecule has 2 aliphatic rings. The molecule has 0 unspecified atom stereocenters. The number of hydrogen-bond donors (Lipinski definition) is 1. The molecule has 2 saturated heterocycles. The fraction of sp³-hybridized carbons (Fsp3) is 0.727. The van der Waals surface area contributed by atoms with Gasteiger partial charge in [-0.15, -0.1) is 0 Å². The Morgan fingerprint density at radius 1 is 0.966 bits per heavy atom. The first kappa shape index (κ1) is 21.5. The van der Waals surface area contributed by atoms with Crippen molar-refractivity contribution in [2.45, 2.75) is 65.2 Å². The molecule has 7 nitrogen and oxygen atoms in total. The molecule has 0 aliphatic carbocycles. The number of hydrogen-bond acceptors (Lipinski definition) is 4. The molecular formula is C22H34N4O3. The highest BCUT2D eigenvalue weighted by Crippen LogP contribution is 2.29. The molecule has 0 spiro atoms. The van der Waals surface area contributed by atoms with E-state index in [4.69, 9.17) is 4.98 Å². The number of aromatic amines is 1. The maximum absolute atomic E-state index is 12.4. The van der Waals surface area contributed by atoms with Crippen LogP contribution in [-0.4, -0.2) is 57.8 Å². The minimum atomic E-state index is -0.127. The van der Waals surface area contributed by atoms with Crippen molar-refractivity contribution in [2.24, 2.45) is 11.8 Å². The molecule has 2 amide bonds. The van der Waals surface area contributed by atoms with Crippen molar-refractivity contribution in [1.29, 1.82) is 0 Å². The Bertz CT molecular complexity index is 793. The van der Waals surface area contributed by atoms with E-state index >= 15 is 0 Å². The van der Waals surface area contributed by atoms with Gasteiger partial charge in [0.1, 0.15) is 5.82 Å². The molecule has 0 radical (unpaired) electrons. The number of carbonyl (C=O) groups excluding carboxylic acids is 2. The maximum Gasteiger partial charge on any atom is 0.251 e. The van der Waals surface area contributed by atoms with Crippen molar-refractivity contribution in [2.75, 3.05) is 26.2 Å². The summed E-state index contributed by atoms with van der Waals surface area (Å²) in [5, 5.41) is 0. The minimum absolute atomic E-state index is 0.00982. The van der Waals surface area contributed by atoms with Gasteiger partial charge in [-0.05, 0) is 25.7 Å². The van der Waals surface area contributed by atoms with Gasteiger partial charge in [0.25, 0.3) is 5.56 Å². The predicted molar refractivity (Wildman–Crippen MR) is 112 cm³/mol. The Morgan fingerprint density at radius 2 is 1.59 bits per heavy atom. The van der Waals surface area contributed by atoms with E-state index in [0.717, 1.165) is 43.7 Å². The highest BCUT2D eigenvalue weighted by Gasteiger charge is 2.29. The quantitative estimate of drug-likeness (QED) is 0.838. The van der Waals surface area contributed by atoms with E-state index < -0.39 is 0 Å². The standard InChI is InChI=1S/C22H34N4O3/c1-14(2)21(28)25-10-7-16(8-11-25)20-23-18(12-19(27)24-20)17-6-5-9-26(13-17)22(29)15(3)4/h12,14-17H,5-11,13H2,1-4H3,(H,23,24,27)/t17-/m0/s1. The number of likely N-dealkylation sites (tertiary alicyclic amines) is 2. The van der Waals surface area contributed by atoms with Crippen LogP contribution in [0.5, 0.6) is 0 Å². The highest BCUT2D eigenvalue weighted by molar-refractivity contribution is 5.78. The minimum Gasteiger partial charge on any atom is -0.342 e. The van der Waals surface area contributed by atoms with Crippen molar-refractivity contribution in [3.8, 4) is 0 Å². The molecule has 1 aromatic heterocycles. The van der Waals surface area contributed by atoms with Crippen LogP contribution < -0.4 is 5.56 Å². The molecule has 0 bridgehead atoms. The third kappa shape index (κ3) is 5.06. The van der Waals surface area contributed by atoms with Crippen LogP contribution in [0, 0.1) is 11.8 Å². The van der Waals surface area contributed by atoms with E-state index in [1.807, 2.05) is 37.5 Å². The molecule has 2 aliphatic heterocycles. The lowest BCUT2D eigenvalue weighted by molar-refractivity contribution is -0.136. The molecular weight excluding hydrogens is 368 g/mol. The Kier molecular flexibility index (Phi) is 6.75. The number of nitrogens with zero attached hydrogens (tertiary/aromatic N) is 3. The fourth-order valence-corrected chi connectivity index (χ4v) is 4.42. The van der Waals surface area contributed by atoms with Gasteiger partial charge in [0.15, 0.2) is 0 Å². The van der Waals surface area contributed by atoms with Gasteiger partial charge in [-0.1, -0.05) is 27.7 Å². The molecule has 29 heavy (non-hydrogen) atoms. The van der Waals surface area contributed by atoms with Crippen LogP contribution in [0.2, 0.25) is 0 Å². The van der Waals surface area contributed by atoms with E-state index in [1.165, 1.54) is 0 Å². The SMILES string of the molecule is CC(C)C(=O)N1CCC(c2nc([C@H]3CCCN(C(=O)C(C)C)C3)cc(=O)[nH]2)CC1. The topological polar surface area (TPSA) is 86.4 Å². The van der Waals surface area contributed by atoms with Crippen molar-refractivity contribution >= 4 is 11.8 Å². The number of amides is 2. The number of carbonyl (C=O) groups is 2. The van der Waals surface area contributed by atoms with Gasteiger partial charge in [-0.3, -0.25) is 14.4 Å². The first-order chi connectivity index (χ1) is 13.8. The number of H-pyrrole nitrogens is 1. The van der Waals surface area contributed by atoms with Crippen molar-refractivity contribution in [1.82, 2.24) is 19.8 Å². The van der Waals surface area contributed by atoms with Crippen molar-refractivity contribution in [3.63, 3.8) is 0 Å². The van der Waals surface area contributed by atoms with E-state index in [0.29, 0.717) is 19.6 Å². The Hall–Kier alpha value is -2.18. The first-order valence-corrected chi connectivity index (χ1v) is 10.9. The van der Waals surface area contributed by atoms with E-state index in [-0.39, 0.29) is 41.0 Å². The summed E-state index contributed by atoms with van der Waals surface area (Å²) in [6, 6.07) is 1.59. The summed E-state index contributed by atoms with van der Waals surface area (Å²) in [6.07, 6.45) is 3.50. The van der Waals surface area contributed by atoms with Crippen LogP contribution in [0.15, 0.2) is 10.9 Å². The van der Waals surface area contributed by atoms with Gasteiger partial charge in [-0.25, -0.2) is 4.98 Å². The summed E-state index contributed by atoms with van der Waals surface area (Å²) in [6.45, 7) is 10.5. The number of rotatable bonds is 4. The first-order valence-electron chi connectivity index (χ1n) is 10.9.